The third-order valence-corrected chi connectivity index (χ3v) is 4.90. The molecule has 3 heteroatoms. The first-order chi connectivity index (χ1) is 10.3. The van der Waals surface area contributed by atoms with Gasteiger partial charge < -0.3 is 9.47 Å². The summed E-state index contributed by atoms with van der Waals surface area (Å²) >= 11 is 3.56. The van der Waals surface area contributed by atoms with E-state index in [1.165, 1.54) is 37.7 Å². The van der Waals surface area contributed by atoms with Gasteiger partial charge in [0, 0.05) is 17.0 Å². The van der Waals surface area contributed by atoms with Gasteiger partial charge in [0.1, 0.15) is 17.6 Å². The van der Waals surface area contributed by atoms with Crippen LogP contribution in [-0.4, -0.2) is 12.7 Å². The van der Waals surface area contributed by atoms with Crippen molar-refractivity contribution in [2.24, 2.45) is 5.92 Å². The second-order valence-corrected chi connectivity index (χ2v) is 6.42. The Morgan fingerprint density at radius 2 is 2.00 bits per heavy atom. The molecule has 0 N–H and O–H groups in total. The fourth-order valence-electron chi connectivity index (χ4n) is 3.02. The highest BCUT2D eigenvalue weighted by atomic mass is 79.9. The zero-order valence-electron chi connectivity index (χ0n) is 13.2. The summed E-state index contributed by atoms with van der Waals surface area (Å²) in [5.41, 5.74) is 1.21. The first kappa shape index (κ1) is 16.7. The lowest BCUT2D eigenvalue weighted by Crippen LogP contribution is -2.30. The van der Waals surface area contributed by atoms with Gasteiger partial charge in [-0.2, -0.15) is 0 Å². The van der Waals surface area contributed by atoms with Crippen LogP contribution < -0.4 is 9.47 Å². The molecule has 2 unspecified atom stereocenters. The molecule has 0 radical (unpaired) electrons. The molecule has 21 heavy (non-hydrogen) atoms. The van der Waals surface area contributed by atoms with E-state index in [2.05, 4.69) is 41.9 Å². The molecule has 1 aromatic rings. The molecule has 1 aliphatic carbocycles. The third-order valence-electron chi connectivity index (χ3n) is 4.30. The lowest BCUT2D eigenvalue weighted by molar-refractivity contribution is 0.0893. The molecule has 0 heterocycles. The number of hydrogen-bond donors (Lipinski definition) is 0. The standard InChI is InChI=1S/C18H27BrO2/c1-3-11-20-16-10-9-15(13-19)18(12-16)21-17-8-6-5-7-14(17)4-2/h9-10,12,14,17H,3-8,11,13H2,1-2H3. The van der Waals surface area contributed by atoms with E-state index < -0.39 is 0 Å². The van der Waals surface area contributed by atoms with Crippen LogP contribution in [0.5, 0.6) is 11.5 Å². The van der Waals surface area contributed by atoms with Gasteiger partial charge in [-0.1, -0.05) is 42.3 Å². The zero-order chi connectivity index (χ0) is 15.1. The molecule has 1 aromatic carbocycles. The fraction of sp³-hybridized carbons (Fsp3) is 0.667. The predicted molar refractivity (Wildman–Crippen MR) is 91.5 cm³/mol. The van der Waals surface area contributed by atoms with Crippen LogP contribution in [0.2, 0.25) is 0 Å². The maximum atomic E-state index is 6.39. The highest BCUT2D eigenvalue weighted by molar-refractivity contribution is 9.08. The maximum absolute atomic E-state index is 6.39. The lowest BCUT2D eigenvalue weighted by atomic mass is 9.84. The van der Waals surface area contributed by atoms with Crippen LogP contribution in [-0.2, 0) is 5.33 Å². The summed E-state index contributed by atoms with van der Waals surface area (Å²) in [6.45, 7) is 5.16. The Bertz CT molecular complexity index is 433. The van der Waals surface area contributed by atoms with Gasteiger partial charge in [0.25, 0.3) is 0 Å². The number of rotatable bonds is 7. The Balaban J connectivity index is 2.12. The van der Waals surface area contributed by atoms with Gasteiger partial charge in [-0.3, -0.25) is 0 Å². The van der Waals surface area contributed by atoms with Crippen LogP contribution in [0.3, 0.4) is 0 Å². The van der Waals surface area contributed by atoms with Crippen molar-refractivity contribution in [3.05, 3.63) is 23.8 Å². The summed E-state index contributed by atoms with van der Waals surface area (Å²) < 4.78 is 12.1. The number of benzene rings is 1. The monoisotopic (exact) mass is 354 g/mol. The molecule has 0 bridgehead atoms. The molecule has 0 spiro atoms. The Labute approximate surface area is 137 Å². The van der Waals surface area contributed by atoms with Crippen LogP contribution in [0.25, 0.3) is 0 Å². The summed E-state index contributed by atoms with van der Waals surface area (Å²) in [6.07, 6.45) is 7.72. The minimum absolute atomic E-state index is 0.364. The van der Waals surface area contributed by atoms with Crippen molar-refractivity contribution in [3.8, 4) is 11.5 Å². The summed E-state index contributed by atoms with van der Waals surface area (Å²) in [5, 5.41) is 0.819. The van der Waals surface area contributed by atoms with Gasteiger partial charge in [-0.15, -0.1) is 0 Å². The minimum Gasteiger partial charge on any atom is -0.493 e. The zero-order valence-corrected chi connectivity index (χ0v) is 14.8. The minimum atomic E-state index is 0.364. The van der Waals surface area contributed by atoms with Crippen molar-refractivity contribution in [1.82, 2.24) is 0 Å². The molecule has 118 valence electrons. The van der Waals surface area contributed by atoms with E-state index in [0.29, 0.717) is 12.0 Å². The number of hydrogen-bond acceptors (Lipinski definition) is 2. The fourth-order valence-corrected chi connectivity index (χ4v) is 3.49. The van der Waals surface area contributed by atoms with Gasteiger partial charge in [0.05, 0.1) is 6.61 Å². The van der Waals surface area contributed by atoms with Gasteiger partial charge in [-0.05, 0) is 44.1 Å². The van der Waals surface area contributed by atoms with Crippen LogP contribution in [0.15, 0.2) is 18.2 Å². The number of ether oxygens (including phenoxy) is 2. The van der Waals surface area contributed by atoms with Crippen molar-refractivity contribution >= 4 is 15.9 Å². The van der Waals surface area contributed by atoms with Crippen molar-refractivity contribution < 1.29 is 9.47 Å². The molecule has 1 saturated carbocycles. The summed E-state index contributed by atoms with van der Waals surface area (Å²) in [6, 6.07) is 6.21. The molecule has 2 atom stereocenters. The van der Waals surface area contributed by atoms with Crippen molar-refractivity contribution in [2.75, 3.05) is 6.61 Å². The highest BCUT2D eigenvalue weighted by Gasteiger charge is 2.26. The molecule has 0 aromatic heterocycles. The van der Waals surface area contributed by atoms with Crippen LogP contribution in [0.4, 0.5) is 0 Å². The predicted octanol–water partition coefficient (Wildman–Crippen LogP) is 5.72. The second kappa shape index (κ2) is 8.67. The average Bonchev–Trinajstić information content (AvgIpc) is 2.53. The van der Waals surface area contributed by atoms with Gasteiger partial charge in [-0.25, -0.2) is 0 Å². The van der Waals surface area contributed by atoms with E-state index in [1.807, 2.05) is 6.07 Å². The molecule has 0 amide bonds. The van der Waals surface area contributed by atoms with E-state index in [1.54, 1.807) is 0 Å². The molecular weight excluding hydrogens is 328 g/mol. The average molecular weight is 355 g/mol. The van der Waals surface area contributed by atoms with E-state index >= 15 is 0 Å². The number of halogens is 1. The first-order valence-corrected chi connectivity index (χ1v) is 9.39. The van der Waals surface area contributed by atoms with E-state index in [0.717, 1.165) is 29.9 Å². The molecule has 0 saturated heterocycles. The van der Waals surface area contributed by atoms with Crippen molar-refractivity contribution in [2.45, 2.75) is 63.8 Å². The summed E-state index contributed by atoms with van der Waals surface area (Å²) in [4.78, 5) is 0. The Morgan fingerprint density at radius 1 is 1.19 bits per heavy atom. The molecular formula is C18H27BrO2. The van der Waals surface area contributed by atoms with Crippen molar-refractivity contribution in [3.63, 3.8) is 0 Å². The smallest absolute Gasteiger partial charge is 0.127 e. The number of alkyl halides is 1. The van der Waals surface area contributed by atoms with Gasteiger partial charge in [0.2, 0.25) is 0 Å². The lowest BCUT2D eigenvalue weighted by Gasteiger charge is -2.32. The largest absolute Gasteiger partial charge is 0.493 e. The summed E-state index contributed by atoms with van der Waals surface area (Å²) in [5.74, 6) is 2.60. The molecule has 2 nitrogen and oxygen atoms in total. The van der Waals surface area contributed by atoms with E-state index in [4.69, 9.17) is 9.47 Å². The van der Waals surface area contributed by atoms with Gasteiger partial charge >= 0.3 is 0 Å². The normalized spacial score (nSPS) is 22.0. The van der Waals surface area contributed by atoms with Crippen LogP contribution in [0, 0.1) is 5.92 Å². The van der Waals surface area contributed by atoms with E-state index in [-0.39, 0.29) is 0 Å². The molecule has 0 aliphatic heterocycles. The molecule has 1 fully saturated rings. The third kappa shape index (κ3) is 4.64. The Kier molecular flexibility index (Phi) is 6.88. The molecule has 2 rings (SSSR count). The van der Waals surface area contributed by atoms with Gasteiger partial charge in [0.15, 0.2) is 0 Å². The Morgan fingerprint density at radius 3 is 2.71 bits per heavy atom. The van der Waals surface area contributed by atoms with Crippen molar-refractivity contribution in [1.29, 1.82) is 0 Å². The topological polar surface area (TPSA) is 18.5 Å². The van der Waals surface area contributed by atoms with Crippen LogP contribution in [0.1, 0.15) is 57.9 Å². The Hall–Kier alpha value is -0.700. The quantitative estimate of drug-likeness (QED) is 0.583. The SMILES string of the molecule is CCCOc1ccc(CBr)c(OC2CCCCC2CC)c1. The second-order valence-electron chi connectivity index (χ2n) is 5.86. The first-order valence-electron chi connectivity index (χ1n) is 8.26. The van der Waals surface area contributed by atoms with Crippen LogP contribution >= 0.6 is 15.9 Å². The van der Waals surface area contributed by atoms with E-state index in [9.17, 15) is 0 Å². The highest BCUT2D eigenvalue weighted by Crippen LogP contribution is 2.34. The maximum Gasteiger partial charge on any atom is 0.127 e. The summed E-state index contributed by atoms with van der Waals surface area (Å²) in [7, 11) is 0. The molecule has 1 aliphatic rings.